The molecule has 1 aliphatic heterocycles. The van der Waals surface area contributed by atoms with Gasteiger partial charge in [0, 0.05) is 42.4 Å². The fourth-order valence-electron chi connectivity index (χ4n) is 3.28. The van der Waals surface area contributed by atoms with Gasteiger partial charge in [0.15, 0.2) is 0 Å². The summed E-state index contributed by atoms with van der Waals surface area (Å²) in [6, 6.07) is 7.65. The average molecular weight is 343 g/mol. The smallest absolute Gasteiger partial charge is 0.313 e. The summed E-state index contributed by atoms with van der Waals surface area (Å²) < 4.78 is 2.17. The molecular weight excluding hydrogens is 318 g/mol. The molecule has 25 heavy (non-hydrogen) atoms. The highest BCUT2D eigenvalue weighted by molar-refractivity contribution is 6.39. The highest BCUT2D eigenvalue weighted by Crippen LogP contribution is 2.21. The Morgan fingerprint density at radius 2 is 2.12 bits per heavy atom. The third-order valence-electron chi connectivity index (χ3n) is 4.89. The van der Waals surface area contributed by atoms with Crippen LogP contribution in [0.5, 0.6) is 0 Å². The number of piperidine rings is 1. The Morgan fingerprint density at radius 1 is 1.32 bits per heavy atom. The maximum Gasteiger partial charge on any atom is 0.313 e. The summed E-state index contributed by atoms with van der Waals surface area (Å²) >= 11 is 0. The molecule has 0 radical (unpaired) electrons. The van der Waals surface area contributed by atoms with Crippen LogP contribution in [-0.2, 0) is 16.1 Å². The number of rotatable bonds is 3. The van der Waals surface area contributed by atoms with E-state index in [1.807, 2.05) is 37.4 Å². The molecular formula is C19H25N3O3. The number of aryl methyl sites for hydroxylation is 1. The first kappa shape index (κ1) is 17.5. The predicted molar refractivity (Wildman–Crippen MR) is 97.2 cm³/mol. The summed E-state index contributed by atoms with van der Waals surface area (Å²) in [6.45, 7) is 5.75. The van der Waals surface area contributed by atoms with Crippen LogP contribution in [-0.4, -0.2) is 45.6 Å². The molecule has 1 aliphatic rings. The number of fused-ring (bicyclic) bond motifs is 1. The van der Waals surface area contributed by atoms with Crippen molar-refractivity contribution in [3.05, 3.63) is 30.5 Å². The normalized spacial score (nSPS) is 20.7. The monoisotopic (exact) mass is 343 g/mol. The minimum atomic E-state index is -0.658. The summed E-state index contributed by atoms with van der Waals surface area (Å²) in [6.07, 6.45) is 3.22. The fraction of sp³-hybridized carbons (Fsp3) is 0.474. The molecule has 2 atom stereocenters. The number of aliphatic hydroxyl groups is 1. The first-order valence-corrected chi connectivity index (χ1v) is 8.86. The fourth-order valence-corrected chi connectivity index (χ4v) is 3.28. The van der Waals surface area contributed by atoms with E-state index < -0.39 is 17.9 Å². The van der Waals surface area contributed by atoms with Crippen LogP contribution >= 0.6 is 0 Å². The third-order valence-corrected chi connectivity index (χ3v) is 4.89. The predicted octanol–water partition coefficient (Wildman–Crippen LogP) is 2.22. The number of carbonyl (C=O) groups excluding carboxylic acids is 2. The lowest BCUT2D eigenvalue weighted by Gasteiger charge is -2.33. The van der Waals surface area contributed by atoms with Crippen LogP contribution in [0, 0.1) is 5.92 Å². The van der Waals surface area contributed by atoms with Gasteiger partial charge >= 0.3 is 11.8 Å². The van der Waals surface area contributed by atoms with Gasteiger partial charge in [-0.2, -0.15) is 0 Å². The molecule has 0 saturated carbocycles. The zero-order valence-electron chi connectivity index (χ0n) is 14.7. The molecule has 0 spiro atoms. The van der Waals surface area contributed by atoms with Gasteiger partial charge in [-0.05, 0) is 43.0 Å². The van der Waals surface area contributed by atoms with Crippen LogP contribution in [0.1, 0.15) is 26.7 Å². The molecule has 6 nitrogen and oxygen atoms in total. The number of β-amino-alcohol motifs (C(OH)–C–C–N with tert-alkyl or cyclic N) is 1. The number of amides is 2. The largest absolute Gasteiger partial charge is 0.391 e. The second kappa shape index (κ2) is 7.27. The number of nitrogens with zero attached hydrogens (tertiary/aromatic N) is 2. The molecule has 2 unspecified atom stereocenters. The van der Waals surface area contributed by atoms with Crippen molar-refractivity contribution in [1.29, 1.82) is 0 Å². The van der Waals surface area contributed by atoms with Gasteiger partial charge in [-0.15, -0.1) is 0 Å². The molecule has 2 heterocycles. The minimum absolute atomic E-state index is 0.154. The van der Waals surface area contributed by atoms with E-state index in [1.54, 1.807) is 0 Å². The molecule has 0 aliphatic carbocycles. The Kier molecular flexibility index (Phi) is 5.08. The van der Waals surface area contributed by atoms with E-state index in [4.69, 9.17) is 0 Å². The summed E-state index contributed by atoms with van der Waals surface area (Å²) in [5.41, 5.74) is 1.71. The van der Waals surface area contributed by atoms with E-state index in [0.29, 0.717) is 18.7 Å². The van der Waals surface area contributed by atoms with E-state index in [-0.39, 0.29) is 12.5 Å². The van der Waals surface area contributed by atoms with Crippen molar-refractivity contribution >= 4 is 28.4 Å². The Balaban J connectivity index is 1.68. The number of hydrogen-bond donors (Lipinski definition) is 2. The molecule has 2 aromatic rings. The zero-order valence-corrected chi connectivity index (χ0v) is 14.7. The van der Waals surface area contributed by atoms with Gasteiger partial charge in [0.1, 0.15) is 0 Å². The lowest BCUT2D eigenvalue weighted by Crippen LogP contribution is -2.49. The molecule has 1 fully saturated rings. The molecule has 1 aromatic carbocycles. The third kappa shape index (κ3) is 3.69. The summed E-state index contributed by atoms with van der Waals surface area (Å²) in [7, 11) is 0. The number of anilines is 1. The Bertz CT molecular complexity index is 783. The first-order valence-electron chi connectivity index (χ1n) is 8.86. The van der Waals surface area contributed by atoms with Crippen LogP contribution in [0.15, 0.2) is 30.5 Å². The standard InChI is InChI=1S/C19H25N3O3/c1-3-8-21-10-7-14-11-15(4-5-16(14)21)20-18(24)19(25)22-9-6-13(2)17(23)12-22/h4-5,7,10-11,13,17,23H,3,6,8-9,12H2,1-2H3,(H,20,24). The van der Waals surface area contributed by atoms with Gasteiger partial charge in [0.25, 0.3) is 0 Å². The van der Waals surface area contributed by atoms with Crippen molar-refractivity contribution in [1.82, 2.24) is 9.47 Å². The van der Waals surface area contributed by atoms with E-state index in [0.717, 1.165) is 23.9 Å². The van der Waals surface area contributed by atoms with Gasteiger partial charge in [0.05, 0.1) is 6.10 Å². The number of likely N-dealkylation sites (tertiary alicyclic amines) is 1. The summed E-state index contributed by atoms with van der Waals surface area (Å²) in [5, 5.41) is 13.6. The molecule has 1 saturated heterocycles. The van der Waals surface area contributed by atoms with Crippen molar-refractivity contribution in [2.75, 3.05) is 18.4 Å². The number of aromatic nitrogens is 1. The maximum atomic E-state index is 12.3. The molecule has 2 amide bonds. The van der Waals surface area contributed by atoms with Gasteiger partial charge in [-0.3, -0.25) is 9.59 Å². The van der Waals surface area contributed by atoms with Crippen molar-refractivity contribution < 1.29 is 14.7 Å². The quantitative estimate of drug-likeness (QED) is 0.839. The minimum Gasteiger partial charge on any atom is -0.391 e. The topological polar surface area (TPSA) is 74.6 Å². The molecule has 6 heteroatoms. The highest BCUT2D eigenvalue weighted by atomic mass is 16.3. The second-order valence-corrected chi connectivity index (χ2v) is 6.82. The zero-order chi connectivity index (χ0) is 18.0. The van der Waals surface area contributed by atoms with Crippen LogP contribution in [0.3, 0.4) is 0 Å². The Hall–Kier alpha value is -2.34. The Labute approximate surface area is 147 Å². The van der Waals surface area contributed by atoms with Crippen LogP contribution < -0.4 is 5.32 Å². The summed E-state index contributed by atoms with van der Waals surface area (Å²) in [4.78, 5) is 26.0. The van der Waals surface area contributed by atoms with Crippen molar-refractivity contribution in [3.63, 3.8) is 0 Å². The van der Waals surface area contributed by atoms with E-state index in [2.05, 4.69) is 16.8 Å². The van der Waals surface area contributed by atoms with Crippen molar-refractivity contribution in [2.45, 2.75) is 39.3 Å². The number of hydrogen-bond acceptors (Lipinski definition) is 3. The average Bonchev–Trinajstić information content (AvgIpc) is 2.99. The van der Waals surface area contributed by atoms with E-state index in [1.165, 1.54) is 4.90 Å². The molecule has 2 N–H and O–H groups in total. The van der Waals surface area contributed by atoms with Gasteiger partial charge in [-0.25, -0.2) is 0 Å². The lowest BCUT2D eigenvalue weighted by molar-refractivity contribution is -0.146. The van der Waals surface area contributed by atoms with E-state index >= 15 is 0 Å². The Morgan fingerprint density at radius 3 is 2.84 bits per heavy atom. The number of nitrogens with one attached hydrogen (secondary N) is 1. The summed E-state index contributed by atoms with van der Waals surface area (Å²) in [5.74, 6) is -1.09. The first-order chi connectivity index (χ1) is 12.0. The van der Waals surface area contributed by atoms with Gasteiger partial charge < -0.3 is 19.9 Å². The van der Waals surface area contributed by atoms with Crippen molar-refractivity contribution in [3.8, 4) is 0 Å². The van der Waals surface area contributed by atoms with Crippen LogP contribution in [0.2, 0.25) is 0 Å². The van der Waals surface area contributed by atoms with Crippen molar-refractivity contribution in [2.24, 2.45) is 5.92 Å². The van der Waals surface area contributed by atoms with Gasteiger partial charge in [-0.1, -0.05) is 13.8 Å². The number of aliphatic hydroxyl groups excluding tert-OH is 1. The highest BCUT2D eigenvalue weighted by Gasteiger charge is 2.30. The van der Waals surface area contributed by atoms with Crippen LogP contribution in [0.4, 0.5) is 5.69 Å². The maximum absolute atomic E-state index is 12.3. The molecule has 0 bridgehead atoms. The molecule has 134 valence electrons. The molecule has 3 rings (SSSR count). The van der Waals surface area contributed by atoms with Crippen LogP contribution in [0.25, 0.3) is 10.9 Å². The lowest BCUT2D eigenvalue weighted by atomic mass is 9.96. The van der Waals surface area contributed by atoms with Gasteiger partial charge in [0.2, 0.25) is 0 Å². The van der Waals surface area contributed by atoms with E-state index in [9.17, 15) is 14.7 Å². The number of benzene rings is 1. The second-order valence-electron chi connectivity index (χ2n) is 6.82. The number of carbonyl (C=O) groups is 2. The molecule has 1 aromatic heterocycles. The SMILES string of the molecule is CCCn1ccc2cc(NC(=O)C(=O)N3CCC(C)C(O)C3)ccc21.